The second-order valence-corrected chi connectivity index (χ2v) is 10.2. The van der Waals surface area contributed by atoms with E-state index in [-0.39, 0.29) is 41.3 Å². The number of halogens is 1. The molecule has 200 valence electrons. The minimum absolute atomic E-state index is 0.140. The molecule has 1 aliphatic heterocycles. The molecule has 1 saturated heterocycles. The molecule has 8 heteroatoms. The first-order chi connectivity index (χ1) is 18.2. The van der Waals surface area contributed by atoms with E-state index in [1.807, 2.05) is 30.9 Å². The molecule has 1 aromatic heterocycles. The van der Waals surface area contributed by atoms with Crippen molar-refractivity contribution in [2.75, 3.05) is 6.54 Å². The van der Waals surface area contributed by atoms with Crippen LogP contribution in [0.25, 0.3) is 0 Å². The molecule has 0 spiro atoms. The number of hydrogen-bond donors (Lipinski definition) is 2. The number of carbonyl (C=O) groups excluding carboxylic acids is 2. The second kappa shape index (κ2) is 11.3. The van der Waals surface area contributed by atoms with E-state index in [1.165, 1.54) is 12.1 Å². The SMILES string of the molecule is CCC1(CC)CC[C@@H](c2cccc(F)c2)N1C(=O)CNC(=O)c1ccc(Cc2cc(C)n[nH]c2=O)c(C)c1. The highest BCUT2D eigenvalue weighted by molar-refractivity contribution is 5.96. The number of nitrogens with zero attached hydrogens (tertiary/aromatic N) is 2. The van der Waals surface area contributed by atoms with Crippen LogP contribution in [0.3, 0.4) is 0 Å². The molecule has 0 saturated carbocycles. The summed E-state index contributed by atoms with van der Waals surface area (Å²) in [6.45, 7) is 7.71. The van der Waals surface area contributed by atoms with Crippen LogP contribution in [0.2, 0.25) is 0 Å². The maximum absolute atomic E-state index is 14.0. The molecule has 0 unspecified atom stereocenters. The fourth-order valence-electron chi connectivity index (χ4n) is 5.67. The maximum atomic E-state index is 14.0. The summed E-state index contributed by atoms with van der Waals surface area (Å²) in [6.07, 6.45) is 3.59. The molecule has 2 heterocycles. The first-order valence-corrected chi connectivity index (χ1v) is 13.2. The van der Waals surface area contributed by atoms with Crippen molar-refractivity contribution >= 4 is 11.8 Å². The highest BCUT2D eigenvalue weighted by Gasteiger charge is 2.46. The van der Waals surface area contributed by atoms with Crippen LogP contribution < -0.4 is 10.9 Å². The Labute approximate surface area is 222 Å². The third-order valence-electron chi connectivity index (χ3n) is 7.92. The van der Waals surface area contributed by atoms with E-state index in [0.717, 1.165) is 48.1 Å². The van der Waals surface area contributed by atoms with Crippen molar-refractivity contribution in [2.45, 2.75) is 71.4 Å². The number of aromatic amines is 1. The zero-order valence-corrected chi connectivity index (χ0v) is 22.4. The summed E-state index contributed by atoms with van der Waals surface area (Å²) in [4.78, 5) is 40.5. The lowest BCUT2D eigenvalue weighted by Gasteiger charge is -2.40. The molecular formula is C30H35FN4O3. The Kier molecular flexibility index (Phi) is 8.09. The number of H-pyrrole nitrogens is 1. The van der Waals surface area contributed by atoms with Crippen LogP contribution in [0.15, 0.2) is 53.3 Å². The molecule has 38 heavy (non-hydrogen) atoms. The number of rotatable bonds is 8. The zero-order chi connectivity index (χ0) is 27.4. The Morgan fingerprint density at radius 2 is 1.87 bits per heavy atom. The number of aryl methyl sites for hydroxylation is 2. The predicted octanol–water partition coefficient (Wildman–Crippen LogP) is 4.77. The minimum atomic E-state index is -0.342. The fraction of sp³-hybridized carbons (Fsp3) is 0.400. The van der Waals surface area contributed by atoms with E-state index in [9.17, 15) is 18.8 Å². The third kappa shape index (κ3) is 5.54. The molecule has 0 aliphatic carbocycles. The molecule has 7 nitrogen and oxygen atoms in total. The van der Waals surface area contributed by atoms with Gasteiger partial charge in [0.1, 0.15) is 5.82 Å². The van der Waals surface area contributed by atoms with E-state index in [1.54, 1.807) is 24.3 Å². The average molecular weight is 519 g/mol. The largest absolute Gasteiger partial charge is 0.343 e. The van der Waals surface area contributed by atoms with E-state index < -0.39 is 0 Å². The summed E-state index contributed by atoms with van der Waals surface area (Å²) in [7, 11) is 0. The summed E-state index contributed by atoms with van der Waals surface area (Å²) in [5.74, 6) is -0.837. The molecule has 0 radical (unpaired) electrons. The van der Waals surface area contributed by atoms with Crippen LogP contribution in [0, 0.1) is 19.7 Å². The Morgan fingerprint density at radius 3 is 2.55 bits per heavy atom. The van der Waals surface area contributed by atoms with E-state index >= 15 is 0 Å². The molecule has 2 aromatic carbocycles. The molecule has 3 aromatic rings. The standard InChI is InChI=1S/C30H35FN4O3/c1-5-30(6-2)13-12-26(22-8-7-9-25(31)17-22)35(30)27(36)18-32-28(37)23-11-10-21(19(3)14-23)16-24-15-20(4)33-34-29(24)38/h7-11,14-15,17,26H,5-6,12-13,16,18H2,1-4H3,(H,32,37)(H,34,38)/t26-/m0/s1. The van der Waals surface area contributed by atoms with Gasteiger partial charge in [-0.25, -0.2) is 9.49 Å². The van der Waals surface area contributed by atoms with Crippen molar-refractivity contribution in [1.29, 1.82) is 0 Å². The highest BCUT2D eigenvalue weighted by atomic mass is 19.1. The van der Waals surface area contributed by atoms with Gasteiger partial charge in [0.2, 0.25) is 5.91 Å². The van der Waals surface area contributed by atoms with Crippen molar-refractivity contribution in [3.05, 3.63) is 98.2 Å². The van der Waals surface area contributed by atoms with Gasteiger partial charge in [-0.05, 0) is 86.6 Å². The highest BCUT2D eigenvalue weighted by Crippen LogP contribution is 2.46. The normalized spacial score (nSPS) is 16.4. The number of likely N-dealkylation sites (tertiary alicyclic amines) is 1. The second-order valence-electron chi connectivity index (χ2n) is 10.2. The van der Waals surface area contributed by atoms with Gasteiger partial charge < -0.3 is 10.2 Å². The van der Waals surface area contributed by atoms with Crippen LogP contribution in [0.4, 0.5) is 4.39 Å². The van der Waals surface area contributed by atoms with Crippen LogP contribution in [0.5, 0.6) is 0 Å². The lowest BCUT2D eigenvalue weighted by molar-refractivity contribution is -0.137. The van der Waals surface area contributed by atoms with Crippen LogP contribution in [-0.2, 0) is 11.2 Å². The average Bonchev–Trinajstić information content (AvgIpc) is 3.30. The summed E-state index contributed by atoms with van der Waals surface area (Å²) in [6, 6.07) is 13.3. The monoisotopic (exact) mass is 518 g/mol. The predicted molar refractivity (Wildman–Crippen MR) is 144 cm³/mol. The van der Waals surface area contributed by atoms with Gasteiger partial charge in [-0.1, -0.05) is 32.0 Å². The summed E-state index contributed by atoms with van der Waals surface area (Å²) < 4.78 is 14.0. The van der Waals surface area contributed by atoms with Gasteiger partial charge in [0.05, 0.1) is 18.3 Å². The van der Waals surface area contributed by atoms with Gasteiger partial charge in [0, 0.05) is 23.1 Å². The number of nitrogens with one attached hydrogen (secondary N) is 2. The Hall–Kier alpha value is -3.81. The lowest BCUT2D eigenvalue weighted by atomic mass is 9.90. The van der Waals surface area contributed by atoms with E-state index in [2.05, 4.69) is 29.4 Å². The molecule has 1 aliphatic rings. The summed E-state index contributed by atoms with van der Waals surface area (Å²) in [5, 5.41) is 9.20. The van der Waals surface area contributed by atoms with Gasteiger partial charge in [-0.2, -0.15) is 5.10 Å². The quantitative estimate of drug-likeness (QED) is 0.449. The molecular weight excluding hydrogens is 483 g/mol. The van der Waals surface area contributed by atoms with Gasteiger partial charge >= 0.3 is 0 Å². The number of amides is 2. The number of aromatic nitrogens is 2. The topological polar surface area (TPSA) is 95.2 Å². The minimum Gasteiger partial charge on any atom is -0.343 e. The van der Waals surface area contributed by atoms with Crippen molar-refractivity contribution in [3.63, 3.8) is 0 Å². The van der Waals surface area contributed by atoms with Gasteiger partial charge in [-0.15, -0.1) is 0 Å². The zero-order valence-electron chi connectivity index (χ0n) is 22.4. The molecule has 4 rings (SSSR count). The van der Waals surface area contributed by atoms with E-state index in [4.69, 9.17) is 0 Å². The van der Waals surface area contributed by atoms with Crippen molar-refractivity contribution in [2.24, 2.45) is 0 Å². The van der Waals surface area contributed by atoms with E-state index in [0.29, 0.717) is 17.5 Å². The molecule has 0 bridgehead atoms. The first kappa shape index (κ1) is 27.2. The van der Waals surface area contributed by atoms with Crippen molar-refractivity contribution < 1.29 is 14.0 Å². The third-order valence-corrected chi connectivity index (χ3v) is 7.92. The van der Waals surface area contributed by atoms with Crippen LogP contribution in [-0.4, -0.2) is 39.0 Å². The van der Waals surface area contributed by atoms with Crippen molar-refractivity contribution in [1.82, 2.24) is 20.4 Å². The van der Waals surface area contributed by atoms with Crippen molar-refractivity contribution in [3.8, 4) is 0 Å². The van der Waals surface area contributed by atoms with Crippen LogP contribution >= 0.6 is 0 Å². The first-order valence-electron chi connectivity index (χ1n) is 13.2. The van der Waals surface area contributed by atoms with Gasteiger partial charge in [0.25, 0.3) is 11.5 Å². The molecule has 1 atom stereocenters. The number of hydrogen-bond acceptors (Lipinski definition) is 4. The summed E-state index contributed by atoms with van der Waals surface area (Å²) in [5.41, 5.74) is 3.81. The van der Waals surface area contributed by atoms with Crippen LogP contribution in [0.1, 0.15) is 83.9 Å². The Morgan fingerprint density at radius 1 is 1.11 bits per heavy atom. The lowest BCUT2D eigenvalue weighted by Crippen LogP contribution is -2.51. The van der Waals surface area contributed by atoms with Gasteiger partial charge in [-0.3, -0.25) is 14.4 Å². The Bertz CT molecular complexity index is 1400. The molecule has 1 fully saturated rings. The number of carbonyl (C=O) groups is 2. The fourth-order valence-corrected chi connectivity index (χ4v) is 5.67. The molecule has 2 N–H and O–H groups in total. The Balaban J connectivity index is 1.48. The molecule has 2 amide bonds. The van der Waals surface area contributed by atoms with Gasteiger partial charge in [0.15, 0.2) is 0 Å². The summed E-state index contributed by atoms with van der Waals surface area (Å²) >= 11 is 0. The maximum Gasteiger partial charge on any atom is 0.267 e. The number of benzene rings is 2. The smallest absolute Gasteiger partial charge is 0.267 e.